The van der Waals surface area contributed by atoms with Crippen LogP contribution in [-0.4, -0.2) is 11.2 Å². The molecule has 0 aromatic heterocycles. The highest BCUT2D eigenvalue weighted by Gasteiger charge is 1.97. The fourth-order valence-corrected chi connectivity index (χ4v) is 1.37. The van der Waals surface area contributed by atoms with Crippen molar-refractivity contribution in [2.45, 2.75) is 19.9 Å². The highest BCUT2D eigenvalue weighted by Crippen LogP contribution is 2.12. The Kier molecular flexibility index (Phi) is 4.65. The van der Waals surface area contributed by atoms with E-state index in [-0.39, 0.29) is 0 Å². The van der Waals surface area contributed by atoms with Gasteiger partial charge in [-0.15, -0.1) is 0 Å². The molecule has 0 saturated heterocycles. The second-order valence-corrected chi connectivity index (χ2v) is 4.23. The van der Waals surface area contributed by atoms with Gasteiger partial charge in [0.2, 0.25) is 0 Å². The van der Waals surface area contributed by atoms with Gasteiger partial charge in [-0.25, -0.2) is 0 Å². The summed E-state index contributed by atoms with van der Waals surface area (Å²) in [5, 5.41) is 4.34. The molecule has 0 heterocycles. The van der Waals surface area contributed by atoms with Crippen LogP contribution in [0.1, 0.15) is 13.8 Å². The number of nitrogens with one attached hydrogen (secondary N) is 3. The number of benzene rings is 1. The Bertz CT molecular complexity index is 324. The van der Waals surface area contributed by atoms with Crippen LogP contribution in [0.3, 0.4) is 0 Å². The van der Waals surface area contributed by atoms with E-state index >= 15 is 0 Å². The van der Waals surface area contributed by atoms with Gasteiger partial charge in [0.05, 0.1) is 5.69 Å². The molecule has 0 aliphatic carbocycles. The molecule has 1 aromatic rings. The third-order valence-electron chi connectivity index (χ3n) is 1.58. The zero-order chi connectivity index (χ0) is 11.3. The maximum absolute atomic E-state index is 5.76. The largest absolute Gasteiger partial charge is 0.359 e. The molecule has 0 saturated carbocycles. The van der Waals surface area contributed by atoms with E-state index < -0.39 is 0 Å². The first-order valence-electron chi connectivity index (χ1n) is 4.66. The minimum absolute atomic E-state index is 0.317. The average molecular weight is 244 g/mol. The summed E-state index contributed by atoms with van der Waals surface area (Å²) in [6.45, 7) is 4.05. The lowest BCUT2D eigenvalue weighted by Crippen LogP contribution is -2.41. The number of hydrogen-bond donors (Lipinski definition) is 3. The predicted molar refractivity (Wildman–Crippen MR) is 69.1 cm³/mol. The number of anilines is 1. The number of hydrazine groups is 1. The lowest BCUT2D eigenvalue weighted by molar-refractivity contribution is 0.724. The molecule has 0 bridgehead atoms. The van der Waals surface area contributed by atoms with Gasteiger partial charge in [-0.3, -0.25) is 10.9 Å². The topological polar surface area (TPSA) is 36.1 Å². The second-order valence-electron chi connectivity index (χ2n) is 3.39. The van der Waals surface area contributed by atoms with E-state index in [0.29, 0.717) is 16.2 Å². The van der Waals surface area contributed by atoms with E-state index in [1.807, 2.05) is 38.1 Å². The smallest absolute Gasteiger partial charge is 0.185 e. The molecular formula is C10H14ClN3S. The Hall–Kier alpha value is -1.00. The first-order valence-corrected chi connectivity index (χ1v) is 5.44. The zero-order valence-corrected chi connectivity index (χ0v) is 10.2. The van der Waals surface area contributed by atoms with Gasteiger partial charge in [0.1, 0.15) is 0 Å². The SMILES string of the molecule is CC(C)NC(=S)NNc1ccc(Cl)cc1. The van der Waals surface area contributed by atoms with Crippen molar-refractivity contribution >= 4 is 34.6 Å². The highest BCUT2D eigenvalue weighted by molar-refractivity contribution is 7.80. The Morgan fingerprint density at radius 3 is 2.40 bits per heavy atom. The number of rotatable bonds is 3. The minimum Gasteiger partial charge on any atom is -0.359 e. The number of hydrogen-bond acceptors (Lipinski definition) is 2. The van der Waals surface area contributed by atoms with Crippen molar-refractivity contribution in [3.63, 3.8) is 0 Å². The fourth-order valence-electron chi connectivity index (χ4n) is 0.960. The van der Waals surface area contributed by atoms with Crippen molar-refractivity contribution in [1.82, 2.24) is 10.7 Å². The second kappa shape index (κ2) is 5.78. The summed E-state index contributed by atoms with van der Waals surface area (Å²) < 4.78 is 0. The van der Waals surface area contributed by atoms with Crippen LogP contribution in [0.2, 0.25) is 5.02 Å². The van der Waals surface area contributed by atoms with Crippen molar-refractivity contribution in [3.8, 4) is 0 Å². The summed E-state index contributed by atoms with van der Waals surface area (Å²) in [5.74, 6) is 0. The van der Waals surface area contributed by atoms with Crippen molar-refractivity contribution < 1.29 is 0 Å². The molecule has 0 atom stereocenters. The van der Waals surface area contributed by atoms with Crippen LogP contribution in [0, 0.1) is 0 Å². The van der Waals surface area contributed by atoms with Crippen LogP contribution >= 0.6 is 23.8 Å². The highest BCUT2D eigenvalue weighted by atomic mass is 35.5. The molecule has 1 aromatic carbocycles. The first kappa shape index (κ1) is 12.1. The van der Waals surface area contributed by atoms with Crippen molar-refractivity contribution in [2.24, 2.45) is 0 Å². The molecule has 3 nitrogen and oxygen atoms in total. The van der Waals surface area contributed by atoms with Crippen LogP contribution in [0.4, 0.5) is 5.69 Å². The van der Waals surface area contributed by atoms with Gasteiger partial charge in [0, 0.05) is 11.1 Å². The lowest BCUT2D eigenvalue weighted by atomic mass is 10.3. The Morgan fingerprint density at radius 1 is 1.27 bits per heavy atom. The maximum Gasteiger partial charge on any atom is 0.185 e. The van der Waals surface area contributed by atoms with E-state index in [0.717, 1.165) is 5.69 Å². The molecule has 0 spiro atoms. The lowest BCUT2D eigenvalue weighted by Gasteiger charge is -2.14. The molecule has 0 unspecified atom stereocenters. The third kappa shape index (κ3) is 4.85. The first-order chi connectivity index (χ1) is 7.08. The van der Waals surface area contributed by atoms with Gasteiger partial charge in [0.25, 0.3) is 0 Å². The molecule has 5 heteroatoms. The van der Waals surface area contributed by atoms with Crippen molar-refractivity contribution in [1.29, 1.82) is 0 Å². The fraction of sp³-hybridized carbons (Fsp3) is 0.300. The van der Waals surface area contributed by atoms with E-state index in [1.54, 1.807) is 0 Å². The molecule has 1 rings (SSSR count). The van der Waals surface area contributed by atoms with Gasteiger partial charge in [-0.05, 0) is 50.3 Å². The molecule has 0 fully saturated rings. The summed E-state index contributed by atoms with van der Waals surface area (Å²) in [5.41, 5.74) is 6.75. The minimum atomic E-state index is 0.317. The molecule has 82 valence electrons. The van der Waals surface area contributed by atoms with E-state index in [2.05, 4.69) is 16.2 Å². The van der Waals surface area contributed by atoms with Crippen LogP contribution in [0.5, 0.6) is 0 Å². The third-order valence-corrected chi connectivity index (χ3v) is 2.06. The average Bonchev–Trinajstić information content (AvgIpc) is 2.16. The maximum atomic E-state index is 5.76. The Morgan fingerprint density at radius 2 is 1.87 bits per heavy atom. The van der Waals surface area contributed by atoms with Crippen molar-refractivity contribution in [3.05, 3.63) is 29.3 Å². The van der Waals surface area contributed by atoms with Gasteiger partial charge >= 0.3 is 0 Å². The standard InChI is InChI=1S/C10H14ClN3S/c1-7(2)12-10(15)14-13-9-5-3-8(11)4-6-9/h3-7,13H,1-2H3,(H2,12,14,15). The van der Waals surface area contributed by atoms with Gasteiger partial charge in [-0.1, -0.05) is 11.6 Å². The number of thiocarbonyl (C=S) groups is 1. The summed E-state index contributed by atoms with van der Waals surface area (Å²) in [6, 6.07) is 7.67. The molecule has 15 heavy (non-hydrogen) atoms. The predicted octanol–water partition coefficient (Wildman–Crippen LogP) is 2.54. The summed E-state index contributed by atoms with van der Waals surface area (Å²) in [6.07, 6.45) is 0. The molecular weight excluding hydrogens is 230 g/mol. The van der Waals surface area contributed by atoms with E-state index in [1.165, 1.54) is 0 Å². The van der Waals surface area contributed by atoms with Crippen LogP contribution < -0.4 is 16.2 Å². The van der Waals surface area contributed by atoms with E-state index in [4.69, 9.17) is 23.8 Å². The summed E-state index contributed by atoms with van der Waals surface area (Å²) in [7, 11) is 0. The molecule has 0 amide bonds. The monoisotopic (exact) mass is 243 g/mol. The molecule has 0 radical (unpaired) electrons. The van der Waals surface area contributed by atoms with Crippen molar-refractivity contribution in [2.75, 3.05) is 5.43 Å². The van der Waals surface area contributed by atoms with Gasteiger partial charge in [0.15, 0.2) is 5.11 Å². The zero-order valence-electron chi connectivity index (χ0n) is 8.67. The van der Waals surface area contributed by atoms with E-state index in [9.17, 15) is 0 Å². The molecule has 3 N–H and O–H groups in total. The Balaban J connectivity index is 2.37. The van der Waals surface area contributed by atoms with Gasteiger partial charge < -0.3 is 5.32 Å². The van der Waals surface area contributed by atoms with Crippen LogP contribution in [0.25, 0.3) is 0 Å². The normalized spacial score (nSPS) is 9.87. The Labute approximate surface area is 100 Å². The van der Waals surface area contributed by atoms with Crippen LogP contribution in [0.15, 0.2) is 24.3 Å². The van der Waals surface area contributed by atoms with Crippen LogP contribution in [-0.2, 0) is 0 Å². The summed E-state index contributed by atoms with van der Waals surface area (Å²) in [4.78, 5) is 0. The molecule has 0 aliphatic rings. The number of halogens is 1. The van der Waals surface area contributed by atoms with Gasteiger partial charge in [-0.2, -0.15) is 0 Å². The molecule has 0 aliphatic heterocycles. The summed E-state index contributed by atoms with van der Waals surface area (Å²) >= 11 is 10.8. The quantitative estimate of drug-likeness (QED) is 0.563.